The second kappa shape index (κ2) is 9.85. The molecular formula is C23H23NO3S. The number of hydrogen-bond acceptors (Lipinski definition) is 4. The smallest absolute Gasteiger partial charge is 0.255 e. The summed E-state index contributed by atoms with van der Waals surface area (Å²) in [4.78, 5) is 13.5. The van der Waals surface area contributed by atoms with E-state index in [-0.39, 0.29) is 5.91 Å². The summed E-state index contributed by atoms with van der Waals surface area (Å²) in [5.41, 5.74) is 2.65. The highest BCUT2D eigenvalue weighted by Crippen LogP contribution is 2.29. The van der Waals surface area contributed by atoms with Gasteiger partial charge in [-0.15, -0.1) is 11.8 Å². The lowest BCUT2D eigenvalue weighted by molar-refractivity contribution is 0.0944. The van der Waals surface area contributed by atoms with E-state index in [0.717, 1.165) is 21.8 Å². The van der Waals surface area contributed by atoms with Gasteiger partial charge >= 0.3 is 0 Å². The molecule has 0 fully saturated rings. The summed E-state index contributed by atoms with van der Waals surface area (Å²) < 4.78 is 11.3. The quantitative estimate of drug-likeness (QED) is 0.437. The molecule has 3 rings (SSSR count). The highest BCUT2D eigenvalue weighted by atomic mass is 32.2. The fourth-order valence-corrected chi connectivity index (χ4v) is 3.28. The Morgan fingerprint density at radius 3 is 2.46 bits per heavy atom. The van der Waals surface area contributed by atoms with Crippen molar-refractivity contribution in [2.75, 3.05) is 26.5 Å². The highest BCUT2D eigenvalue weighted by molar-refractivity contribution is 7.98. The summed E-state index contributed by atoms with van der Waals surface area (Å²) in [5, 5.41) is 2.89. The molecule has 3 aromatic rings. The van der Waals surface area contributed by atoms with E-state index in [4.69, 9.17) is 9.47 Å². The Kier molecular flexibility index (Phi) is 6.98. The van der Waals surface area contributed by atoms with Gasteiger partial charge in [-0.3, -0.25) is 4.79 Å². The highest BCUT2D eigenvalue weighted by Gasteiger charge is 2.12. The topological polar surface area (TPSA) is 47.6 Å². The third-order valence-electron chi connectivity index (χ3n) is 4.27. The fourth-order valence-electron chi connectivity index (χ4n) is 2.86. The van der Waals surface area contributed by atoms with Gasteiger partial charge in [0.1, 0.15) is 18.1 Å². The van der Waals surface area contributed by atoms with E-state index in [1.165, 1.54) is 0 Å². The Morgan fingerprint density at radius 2 is 1.71 bits per heavy atom. The number of benzene rings is 3. The molecule has 0 atom stereocenters. The standard InChI is InChI=1S/C23H23NO3S/c1-26-22-16-18(28-2)12-13-20(22)23(25)24-14-15-27-21-11-7-6-10-19(21)17-8-4-3-5-9-17/h3-13,16H,14-15H2,1-2H3,(H,24,25). The maximum atomic E-state index is 12.5. The Balaban J connectivity index is 1.59. The molecule has 0 saturated carbocycles. The Morgan fingerprint density at radius 1 is 0.964 bits per heavy atom. The van der Waals surface area contributed by atoms with Crippen molar-refractivity contribution in [3.63, 3.8) is 0 Å². The van der Waals surface area contributed by atoms with Gasteiger partial charge in [-0.05, 0) is 36.1 Å². The minimum Gasteiger partial charge on any atom is -0.496 e. The van der Waals surface area contributed by atoms with Crippen LogP contribution < -0.4 is 14.8 Å². The van der Waals surface area contributed by atoms with Crippen LogP contribution >= 0.6 is 11.8 Å². The first-order valence-electron chi connectivity index (χ1n) is 9.00. The van der Waals surface area contributed by atoms with Gasteiger partial charge in [0.2, 0.25) is 0 Å². The van der Waals surface area contributed by atoms with Crippen LogP contribution in [0.3, 0.4) is 0 Å². The van der Waals surface area contributed by atoms with Gasteiger partial charge in [0.05, 0.1) is 19.2 Å². The van der Waals surface area contributed by atoms with Gasteiger partial charge in [0.25, 0.3) is 5.91 Å². The zero-order chi connectivity index (χ0) is 19.8. The molecule has 1 amide bonds. The molecule has 0 aromatic heterocycles. The number of nitrogens with one attached hydrogen (secondary N) is 1. The zero-order valence-electron chi connectivity index (χ0n) is 16.0. The number of methoxy groups -OCH3 is 1. The number of carbonyl (C=O) groups excluding carboxylic acids is 1. The molecule has 0 spiro atoms. The molecule has 3 aromatic carbocycles. The van der Waals surface area contributed by atoms with Crippen LogP contribution in [0.15, 0.2) is 77.7 Å². The maximum Gasteiger partial charge on any atom is 0.255 e. The average Bonchev–Trinajstić information content (AvgIpc) is 2.77. The molecule has 0 saturated heterocycles. The largest absolute Gasteiger partial charge is 0.496 e. The molecule has 4 nitrogen and oxygen atoms in total. The Hall–Kier alpha value is -2.92. The van der Waals surface area contributed by atoms with Gasteiger partial charge in [-0.2, -0.15) is 0 Å². The predicted octanol–water partition coefficient (Wildman–Crippen LogP) is 4.89. The van der Waals surface area contributed by atoms with Crippen LogP contribution in [0.4, 0.5) is 0 Å². The number of hydrogen-bond donors (Lipinski definition) is 1. The normalized spacial score (nSPS) is 10.4. The van der Waals surface area contributed by atoms with E-state index < -0.39 is 0 Å². The van der Waals surface area contributed by atoms with E-state index in [0.29, 0.717) is 24.5 Å². The predicted molar refractivity (Wildman–Crippen MR) is 114 cm³/mol. The van der Waals surface area contributed by atoms with Crippen LogP contribution in [0.2, 0.25) is 0 Å². The van der Waals surface area contributed by atoms with E-state index in [2.05, 4.69) is 17.4 Å². The molecule has 5 heteroatoms. The summed E-state index contributed by atoms with van der Waals surface area (Å²) in [6, 6.07) is 23.6. The Bertz CT molecular complexity index is 928. The van der Waals surface area contributed by atoms with Gasteiger partial charge < -0.3 is 14.8 Å². The van der Waals surface area contributed by atoms with Crippen molar-refractivity contribution in [1.29, 1.82) is 0 Å². The summed E-state index contributed by atoms with van der Waals surface area (Å²) in [5.74, 6) is 1.19. The fraction of sp³-hybridized carbons (Fsp3) is 0.174. The van der Waals surface area contributed by atoms with Crippen LogP contribution in [-0.4, -0.2) is 32.4 Å². The van der Waals surface area contributed by atoms with Crippen molar-refractivity contribution >= 4 is 17.7 Å². The maximum absolute atomic E-state index is 12.5. The summed E-state index contributed by atoms with van der Waals surface area (Å²) in [7, 11) is 1.57. The van der Waals surface area contributed by atoms with Gasteiger partial charge in [-0.1, -0.05) is 48.5 Å². The molecule has 0 radical (unpaired) electrons. The van der Waals surface area contributed by atoms with Crippen LogP contribution in [0, 0.1) is 0 Å². The lowest BCUT2D eigenvalue weighted by Crippen LogP contribution is -2.28. The lowest BCUT2D eigenvalue weighted by atomic mass is 10.1. The summed E-state index contributed by atoms with van der Waals surface area (Å²) >= 11 is 1.61. The number of rotatable bonds is 8. The van der Waals surface area contributed by atoms with Crippen molar-refractivity contribution in [3.05, 3.63) is 78.4 Å². The van der Waals surface area contributed by atoms with Crippen molar-refractivity contribution in [2.24, 2.45) is 0 Å². The third kappa shape index (κ3) is 4.87. The monoisotopic (exact) mass is 393 g/mol. The van der Waals surface area contributed by atoms with Crippen LogP contribution in [-0.2, 0) is 0 Å². The first-order valence-corrected chi connectivity index (χ1v) is 10.2. The molecular weight excluding hydrogens is 370 g/mol. The lowest BCUT2D eigenvalue weighted by Gasteiger charge is -2.13. The van der Waals surface area contributed by atoms with Crippen molar-refractivity contribution < 1.29 is 14.3 Å². The van der Waals surface area contributed by atoms with E-state index in [1.54, 1.807) is 24.9 Å². The number of thioether (sulfide) groups is 1. The molecule has 0 bridgehead atoms. The zero-order valence-corrected chi connectivity index (χ0v) is 16.8. The first-order chi connectivity index (χ1) is 13.7. The van der Waals surface area contributed by atoms with Crippen LogP contribution in [0.25, 0.3) is 11.1 Å². The number of para-hydroxylation sites is 1. The van der Waals surface area contributed by atoms with Crippen LogP contribution in [0.5, 0.6) is 11.5 Å². The van der Waals surface area contributed by atoms with Crippen molar-refractivity contribution in [2.45, 2.75) is 4.90 Å². The molecule has 0 heterocycles. The van der Waals surface area contributed by atoms with Crippen LogP contribution in [0.1, 0.15) is 10.4 Å². The van der Waals surface area contributed by atoms with E-state index in [9.17, 15) is 4.79 Å². The third-order valence-corrected chi connectivity index (χ3v) is 5.00. The van der Waals surface area contributed by atoms with Crippen molar-refractivity contribution in [3.8, 4) is 22.6 Å². The number of amides is 1. The SMILES string of the molecule is COc1cc(SC)ccc1C(=O)NCCOc1ccccc1-c1ccccc1. The number of ether oxygens (including phenoxy) is 2. The van der Waals surface area contributed by atoms with E-state index >= 15 is 0 Å². The second-order valence-electron chi connectivity index (χ2n) is 6.03. The van der Waals surface area contributed by atoms with E-state index in [1.807, 2.05) is 60.9 Å². The molecule has 0 aliphatic heterocycles. The second-order valence-corrected chi connectivity index (χ2v) is 6.91. The minimum atomic E-state index is -0.176. The summed E-state index contributed by atoms with van der Waals surface area (Å²) in [6.07, 6.45) is 1.99. The molecule has 0 unspecified atom stereocenters. The Labute approximate surface area is 169 Å². The minimum absolute atomic E-state index is 0.176. The molecule has 144 valence electrons. The van der Waals surface area contributed by atoms with Gasteiger partial charge in [-0.25, -0.2) is 0 Å². The summed E-state index contributed by atoms with van der Waals surface area (Å²) in [6.45, 7) is 0.774. The average molecular weight is 394 g/mol. The molecule has 0 aliphatic carbocycles. The molecule has 1 N–H and O–H groups in total. The van der Waals surface area contributed by atoms with Crippen molar-refractivity contribution in [1.82, 2.24) is 5.32 Å². The molecule has 28 heavy (non-hydrogen) atoms. The van der Waals surface area contributed by atoms with Gasteiger partial charge in [0, 0.05) is 10.5 Å². The van der Waals surface area contributed by atoms with Gasteiger partial charge in [0.15, 0.2) is 0 Å². The number of carbonyl (C=O) groups is 1. The first kappa shape index (κ1) is 19.8. The molecule has 0 aliphatic rings.